The summed E-state index contributed by atoms with van der Waals surface area (Å²) < 4.78 is 0. The maximum atomic E-state index is 2.18. The van der Waals surface area contributed by atoms with Gasteiger partial charge in [0.25, 0.3) is 0 Å². The second kappa shape index (κ2) is 3.82. The first-order valence-electron chi connectivity index (χ1n) is 5.49. The molecule has 0 N–H and O–H groups in total. The first-order valence-corrected chi connectivity index (χ1v) is 5.49. The zero-order valence-electron chi connectivity index (χ0n) is 8.93. The molecule has 3 rings (SSSR count). The van der Waals surface area contributed by atoms with E-state index in [4.69, 9.17) is 0 Å². The maximum absolute atomic E-state index is 2.18. The topological polar surface area (TPSA) is 0 Å². The third-order valence-electron chi connectivity index (χ3n) is 2.88. The Morgan fingerprint density at radius 2 is 0.562 bits per heavy atom. The molecule has 0 aliphatic heterocycles. The number of rotatable bonds is 0. The van der Waals surface area contributed by atoms with Gasteiger partial charge in [-0.25, -0.2) is 0 Å². The van der Waals surface area contributed by atoms with Gasteiger partial charge in [0.2, 0.25) is 0 Å². The quantitative estimate of drug-likeness (QED) is 0.503. The minimum absolute atomic E-state index is 1.34. The summed E-state index contributed by atoms with van der Waals surface area (Å²) in [5.74, 6) is 0. The van der Waals surface area contributed by atoms with Crippen molar-refractivity contribution in [3.05, 3.63) is 72.8 Å². The minimum atomic E-state index is 1.34. The molecule has 0 unspecified atom stereocenters. The molecule has 0 saturated heterocycles. The average molecular weight is 204 g/mol. The first-order chi connectivity index (χ1) is 7.97. The summed E-state index contributed by atoms with van der Waals surface area (Å²) in [4.78, 5) is 0. The fourth-order valence-electron chi connectivity index (χ4n) is 2.10. The molecule has 3 aromatic rings. The third-order valence-corrected chi connectivity index (χ3v) is 2.88. The van der Waals surface area contributed by atoms with Crippen LogP contribution in [0.3, 0.4) is 0 Å². The predicted octanol–water partition coefficient (Wildman–Crippen LogP) is 4.56. The second-order valence-electron chi connectivity index (χ2n) is 3.86. The fraction of sp³-hybridized carbons (Fsp3) is 0. The van der Waals surface area contributed by atoms with E-state index in [0.29, 0.717) is 0 Å². The molecule has 0 atom stereocenters. The first kappa shape index (κ1) is 9.17. The van der Waals surface area contributed by atoms with Crippen molar-refractivity contribution in [1.29, 1.82) is 0 Å². The fourth-order valence-corrected chi connectivity index (χ4v) is 2.10. The van der Waals surface area contributed by atoms with Gasteiger partial charge in [-0.05, 0) is 21.5 Å². The van der Waals surface area contributed by atoms with E-state index in [1.54, 1.807) is 0 Å². The van der Waals surface area contributed by atoms with Crippen molar-refractivity contribution < 1.29 is 0 Å². The van der Waals surface area contributed by atoms with Crippen LogP contribution in [0.4, 0.5) is 0 Å². The summed E-state index contributed by atoms with van der Waals surface area (Å²) in [6.45, 7) is 0. The standard InChI is InChI=1S/C16H12/c1-2-6-10-14-13(9-5-1)15-11-7-3-4-8-12-16(14)15/h1-12H. The van der Waals surface area contributed by atoms with Crippen LogP contribution in [-0.4, -0.2) is 0 Å². The Morgan fingerprint density at radius 1 is 0.312 bits per heavy atom. The molecule has 0 heteroatoms. The van der Waals surface area contributed by atoms with Crippen LogP contribution in [0.25, 0.3) is 21.5 Å². The monoisotopic (exact) mass is 204 g/mol. The van der Waals surface area contributed by atoms with Crippen molar-refractivity contribution in [2.24, 2.45) is 0 Å². The molecule has 0 amide bonds. The summed E-state index contributed by atoms with van der Waals surface area (Å²) in [6, 6.07) is 25.3. The van der Waals surface area contributed by atoms with E-state index < -0.39 is 0 Å². The van der Waals surface area contributed by atoms with Crippen LogP contribution in [0.5, 0.6) is 0 Å². The van der Waals surface area contributed by atoms with Crippen LogP contribution < -0.4 is 0 Å². The van der Waals surface area contributed by atoms with Crippen LogP contribution in [0, 0.1) is 0 Å². The van der Waals surface area contributed by atoms with E-state index in [1.165, 1.54) is 21.5 Å². The molecule has 0 saturated carbocycles. The van der Waals surface area contributed by atoms with Crippen molar-refractivity contribution in [2.45, 2.75) is 0 Å². The average Bonchev–Trinajstić information content (AvgIpc) is 2.23. The molecule has 76 valence electrons. The molecule has 0 aromatic heterocycles. The highest BCUT2D eigenvalue weighted by atomic mass is 14.1. The molecule has 0 aliphatic carbocycles. The summed E-state index contributed by atoms with van der Waals surface area (Å²) in [5, 5.41) is 5.36. The van der Waals surface area contributed by atoms with E-state index in [2.05, 4.69) is 72.8 Å². The highest BCUT2D eigenvalue weighted by Gasteiger charge is 2.03. The molecule has 3 aromatic carbocycles. The number of fused-ring (bicyclic) bond motifs is 4. The summed E-state index contributed by atoms with van der Waals surface area (Å²) in [5.41, 5.74) is 0. The Kier molecular flexibility index (Phi) is 2.19. The SMILES string of the molecule is c1cccc2c(cc1)c1ccccccc21. The summed E-state index contributed by atoms with van der Waals surface area (Å²) in [7, 11) is 0. The Balaban J connectivity index is 2.47. The summed E-state index contributed by atoms with van der Waals surface area (Å²) in [6.07, 6.45) is 0. The van der Waals surface area contributed by atoms with Crippen LogP contribution >= 0.6 is 0 Å². The van der Waals surface area contributed by atoms with Crippen molar-refractivity contribution >= 4 is 21.5 Å². The van der Waals surface area contributed by atoms with Gasteiger partial charge in [0.15, 0.2) is 0 Å². The lowest BCUT2D eigenvalue weighted by atomic mass is 9.96. The van der Waals surface area contributed by atoms with Gasteiger partial charge in [0.05, 0.1) is 0 Å². The van der Waals surface area contributed by atoms with Gasteiger partial charge in [-0.3, -0.25) is 0 Å². The van der Waals surface area contributed by atoms with E-state index in [0.717, 1.165) is 0 Å². The van der Waals surface area contributed by atoms with E-state index in [9.17, 15) is 0 Å². The molecule has 0 nitrogen and oxygen atoms in total. The van der Waals surface area contributed by atoms with Crippen molar-refractivity contribution in [1.82, 2.24) is 0 Å². The molecular formula is C16H12. The van der Waals surface area contributed by atoms with Crippen molar-refractivity contribution in [3.63, 3.8) is 0 Å². The normalized spacial score (nSPS) is 10.5. The van der Waals surface area contributed by atoms with Crippen molar-refractivity contribution in [2.75, 3.05) is 0 Å². The van der Waals surface area contributed by atoms with Gasteiger partial charge >= 0.3 is 0 Å². The smallest absolute Gasteiger partial charge is 0.00990 e. The van der Waals surface area contributed by atoms with Crippen LogP contribution in [-0.2, 0) is 0 Å². The molecule has 0 bridgehead atoms. The molecule has 0 aliphatic rings. The largest absolute Gasteiger partial charge is 0.0622 e. The zero-order chi connectivity index (χ0) is 10.8. The Morgan fingerprint density at radius 3 is 0.812 bits per heavy atom. The van der Waals surface area contributed by atoms with E-state index >= 15 is 0 Å². The highest BCUT2D eigenvalue weighted by Crippen LogP contribution is 2.32. The molecular weight excluding hydrogens is 192 g/mol. The van der Waals surface area contributed by atoms with Gasteiger partial charge in [-0.15, -0.1) is 0 Å². The van der Waals surface area contributed by atoms with Gasteiger partial charge in [-0.2, -0.15) is 0 Å². The maximum Gasteiger partial charge on any atom is -0.00990 e. The Hall–Kier alpha value is -2.08. The van der Waals surface area contributed by atoms with Crippen LogP contribution in [0.2, 0.25) is 0 Å². The molecule has 16 heavy (non-hydrogen) atoms. The Labute approximate surface area is 94.8 Å². The van der Waals surface area contributed by atoms with Gasteiger partial charge in [0, 0.05) is 0 Å². The molecule has 0 heterocycles. The lowest BCUT2D eigenvalue weighted by Gasteiger charge is -2.07. The van der Waals surface area contributed by atoms with E-state index in [-0.39, 0.29) is 0 Å². The van der Waals surface area contributed by atoms with Crippen LogP contribution in [0.15, 0.2) is 72.8 Å². The Bertz CT molecular complexity index is 527. The van der Waals surface area contributed by atoms with Gasteiger partial charge in [-0.1, -0.05) is 72.8 Å². The number of hydrogen-bond acceptors (Lipinski definition) is 0. The minimum Gasteiger partial charge on any atom is -0.0622 e. The van der Waals surface area contributed by atoms with Gasteiger partial charge < -0.3 is 0 Å². The molecule has 0 radical (unpaired) electrons. The second-order valence-corrected chi connectivity index (χ2v) is 3.86. The predicted molar refractivity (Wildman–Crippen MR) is 70.3 cm³/mol. The third kappa shape index (κ3) is 1.40. The zero-order valence-corrected chi connectivity index (χ0v) is 8.93. The van der Waals surface area contributed by atoms with Crippen molar-refractivity contribution in [3.8, 4) is 0 Å². The molecule has 0 spiro atoms. The molecule has 0 fully saturated rings. The van der Waals surface area contributed by atoms with Gasteiger partial charge in [0.1, 0.15) is 0 Å². The van der Waals surface area contributed by atoms with E-state index in [1.807, 2.05) is 0 Å². The lowest BCUT2D eigenvalue weighted by Crippen LogP contribution is -1.79. The lowest BCUT2D eigenvalue weighted by molar-refractivity contribution is 1.76. The number of hydrogen-bond donors (Lipinski definition) is 0. The highest BCUT2D eigenvalue weighted by molar-refractivity contribution is 6.24. The summed E-state index contributed by atoms with van der Waals surface area (Å²) >= 11 is 0. The van der Waals surface area contributed by atoms with Crippen LogP contribution in [0.1, 0.15) is 0 Å².